The van der Waals surface area contributed by atoms with Gasteiger partial charge in [0.05, 0.1) is 5.56 Å². The molecule has 0 saturated carbocycles. The summed E-state index contributed by atoms with van der Waals surface area (Å²) >= 11 is 0. The van der Waals surface area contributed by atoms with Crippen LogP contribution in [-0.4, -0.2) is 24.3 Å². The SMILES string of the molecule is Cc1ccc(C(=O)[C@@H](OC(=O)c2ccc(OCC(N)=O)cc2)c2ccc(C)cc2)cc1. The highest BCUT2D eigenvalue weighted by Crippen LogP contribution is 2.25. The third-order valence-corrected chi connectivity index (χ3v) is 4.65. The fraction of sp³-hybridized carbons (Fsp3) is 0.160. The molecule has 3 aromatic rings. The molecule has 6 heteroatoms. The minimum absolute atomic E-state index is 0.250. The third-order valence-electron chi connectivity index (χ3n) is 4.65. The molecule has 0 heterocycles. The maximum absolute atomic E-state index is 13.2. The van der Waals surface area contributed by atoms with Crippen molar-refractivity contribution in [2.24, 2.45) is 5.73 Å². The number of aryl methyl sites for hydroxylation is 2. The van der Waals surface area contributed by atoms with Crippen molar-refractivity contribution in [2.45, 2.75) is 20.0 Å². The van der Waals surface area contributed by atoms with Crippen molar-refractivity contribution in [2.75, 3.05) is 6.61 Å². The fourth-order valence-electron chi connectivity index (χ4n) is 2.90. The van der Waals surface area contributed by atoms with Crippen molar-refractivity contribution in [3.63, 3.8) is 0 Å². The number of Topliss-reactive ketones (excluding diaryl/α,β-unsaturated/α-hetero) is 1. The van der Waals surface area contributed by atoms with Crippen LogP contribution in [0.3, 0.4) is 0 Å². The van der Waals surface area contributed by atoms with E-state index in [0.29, 0.717) is 16.9 Å². The van der Waals surface area contributed by atoms with Crippen LogP contribution >= 0.6 is 0 Å². The minimum Gasteiger partial charge on any atom is -0.484 e. The number of rotatable bonds is 8. The number of nitrogens with two attached hydrogens (primary N) is 1. The van der Waals surface area contributed by atoms with Crippen molar-refractivity contribution in [1.29, 1.82) is 0 Å². The van der Waals surface area contributed by atoms with Gasteiger partial charge in [-0.1, -0.05) is 59.7 Å². The molecule has 0 radical (unpaired) electrons. The topological polar surface area (TPSA) is 95.7 Å². The molecule has 0 aliphatic carbocycles. The van der Waals surface area contributed by atoms with Crippen molar-refractivity contribution < 1.29 is 23.9 Å². The lowest BCUT2D eigenvalue weighted by Gasteiger charge is -2.18. The second-order valence-corrected chi connectivity index (χ2v) is 7.21. The number of esters is 1. The first kappa shape index (κ1) is 21.8. The van der Waals surface area contributed by atoms with E-state index in [1.54, 1.807) is 24.3 Å². The molecule has 0 fully saturated rings. The molecule has 0 aliphatic heterocycles. The van der Waals surface area contributed by atoms with Gasteiger partial charge in [-0.2, -0.15) is 0 Å². The van der Waals surface area contributed by atoms with Crippen molar-refractivity contribution in [3.05, 3.63) is 101 Å². The van der Waals surface area contributed by atoms with Crippen LogP contribution in [0.2, 0.25) is 0 Å². The molecule has 0 aromatic heterocycles. The highest BCUT2D eigenvalue weighted by Gasteiger charge is 2.27. The molecular formula is C25H23NO5. The molecule has 3 rings (SSSR count). The molecule has 0 bridgehead atoms. The third kappa shape index (κ3) is 5.79. The van der Waals surface area contributed by atoms with E-state index in [-0.39, 0.29) is 18.0 Å². The van der Waals surface area contributed by atoms with Crippen LogP contribution in [0.4, 0.5) is 0 Å². The molecule has 6 nitrogen and oxygen atoms in total. The Bertz CT molecular complexity index is 1070. The lowest BCUT2D eigenvalue weighted by molar-refractivity contribution is -0.119. The van der Waals surface area contributed by atoms with E-state index in [0.717, 1.165) is 11.1 Å². The smallest absolute Gasteiger partial charge is 0.339 e. The van der Waals surface area contributed by atoms with Crippen LogP contribution in [0.25, 0.3) is 0 Å². The zero-order chi connectivity index (χ0) is 22.4. The van der Waals surface area contributed by atoms with E-state index < -0.39 is 18.0 Å². The molecule has 158 valence electrons. The maximum Gasteiger partial charge on any atom is 0.339 e. The van der Waals surface area contributed by atoms with E-state index in [9.17, 15) is 14.4 Å². The average molecular weight is 417 g/mol. The van der Waals surface area contributed by atoms with E-state index in [1.165, 1.54) is 24.3 Å². The quantitative estimate of drug-likeness (QED) is 0.442. The Labute approximate surface area is 180 Å². The summed E-state index contributed by atoms with van der Waals surface area (Å²) in [5, 5.41) is 0. The molecule has 0 unspecified atom stereocenters. The van der Waals surface area contributed by atoms with Gasteiger partial charge < -0.3 is 15.2 Å². The van der Waals surface area contributed by atoms with E-state index >= 15 is 0 Å². The Hall–Kier alpha value is -3.93. The summed E-state index contributed by atoms with van der Waals surface area (Å²) in [4.78, 5) is 36.8. The van der Waals surface area contributed by atoms with Gasteiger partial charge in [-0.25, -0.2) is 4.79 Å². The van der Waals surface area contributed by atoms with Gasteiger partial charge in [0.25, 0.3) is 5.91 Å². The van der Waals surface area contributed by atoms with Crippen LogP contribution in [0.5, 0.6) is 5.75 Å². The van der Waals surface area contributed by atoms with E-state index in [1.807, 2.05) is 38.1 Å². The highest BCUT2D eigenvalue weighted by molar-refractivity contribution is 6.02. The van der Waals surface area contributed by atoms with Gasteiger partial charge in [0.15, 0.2) is 12.7 Å². The molecule has 0 saturated heterocycles. The predicted molar refractivity (Wildman–Crippen MR) is 116 cm³/mol. The molecule has 3 aromatic carbocycles. The summed E-state index contributed by atoms with van der Waals surface area (Å²) in [6.45, 7) is 3.61. The summed E-state index contributed by atoms with van der Waals surface area (Å²) in [5.41, 5.74) is 8.41. The molecule has 1 atom stereocenters. The summed E-state index contributed by atoms with van der Waals surface area (Å²) in [6.07, 6.45) is -1.08. The summed E-state index contributed by atoms with van der Waals surface area (Å²) < 4.78 is 10.8. The van der Waals surface area contributed by atoms with Crippen LogP contribution in [0.15, 0.2) is 72.8 Å². The standard InChI is InChI=1S/C25H23NO5/c1-16-3-7-18(8-4-16)23(28)24(19-9-5-17(2)6-10-19)31-25(29)20-11-13-21(14-12-20)30-15-22(26)27/h3-14,24H,15H2,1-2H3,(H2,26,27)/t24-/m0/s1. The average Bonchev–Trinajstić information content (AvgIpc) is 2.77. The number of benzene rings is 3. The second-order valence-electron chi connectivity index (χ2n) is 7.21. The lowest BCUT2D eigenvalue weighted by atomic mass is 9.98. The Balaban J connectivity index is 1.83. The number of carbonyl (C=O) groups excluding carboxylic acids is 3. The maximum atomic E-state index is 13.2. The first-order chi connectivity index (χ1) is 14.8. The first-order valence-electron chi connectivity index (χ1n) is 9.73. The number of amides is 1. The van der Waals surface area contributed by atoms with Crippen LogP contribution in [0, 0.1) is 13.8 Å². The highest BCUT2D eigenvalue weighted by atomic mass is 16.5. The van der Waals surface area contributed by atoms with Gasteiger partial charge in [0.1, 0.15) is 5.75 Å². The van der Waals surface area contributed by atoms with E-state index in [2.05, 4.69) is 0 Å². The van der Waals surface area contributed by atoms with Crippen LogP contribution in [-0.2, 0) is 9.53 Å². The largest absolute Gasteiger partial charge is 0.484 e. The number of hydrogen-bond acceptors (Lipinski definition) is 5. The number of ketones is 1. The predicted octanol–water partition coefficient (Wildman–Crippen LogP) is 3.95. The Morgan fingerprint density at radius 2 is 1.29 bits per heavy atom. The summed E-state index contributed by atoms with van der Waals surface area (Å²) in [7, 11) is 0. The van der Waals surface area contributed by atoms with Gasteiger partial charge in [-0.15, -0.1) is 0 Å². The first-order valence-corrected chi connectivity index (χ1v) is 9.73. The van der Waals surface area contributed by atoms with Crippen molar-refractivity contribution in [1.82, 2.24) is 0 Å². The zero-order valence-corrected chi connectivity index (χ0v) is 17.3. The number of hydrogen-bond donors (Lipinski definition) is 1. The summed E-state index contributed by atoms with van der Waals surface area (Å²) in [6, 6.07) is 20.5. The second kappa shape index (κ2) is 9.71. The Kier molecular flexibility index (Phi) is 6.82. The normalized spacial score (nSPS) is 11.4. The van der Waals surface area contributed by atoms with Gasteiger partial charge in [0.2, 0.25) is 5.78 Å². The van der Waals surface area contributed by atoms with E-state index in [4.69, 9.17) is 15.2 Å². The molecule has 1 amide bonds. The molecule has 0 spiro atoms. The number of carbonyl (C=O) groups is 3. The Morgan fingerprint density at radius 1 is 0.774 bits per heavy atom. The minimum atomic E-state index is -1.08. The van der Waals surface area contributed by atoms with Gasteiger partial charge in [-0.3, -0.25) is 9.59 Å². The fourth-order valence-corrected chi connectivity index (χ4v) is 2.90. The molecular weight excluding hydrogens is 394 g/mol. The van der Waals surface area contributed by atoms with Crippen molar-refractivity contribution in [3.8, 4) is 5.75 Å². The monoisotopic (exact) mass is 417 g/mol. The molecule has 31 heavy (non-hydrogen) atoms. The lowest BCUT2D eigenvalue weighted by Crippen LogP contribution is -2.21. The zero-order valence-electron chi connectivity index (χ0n) is 17.3. The Morgan fingerprint density at radius 3 is 1.84 bits per heavy atom. The number of ether oxygens (including phenoxy) is 2. The van der Waals surface area contributed by atoms with Gasteiger partial charge in [-0.05, 0) is 38.1 Å². The molecule has 0 aliphatic rings. The van der Waals surface area contributed by atoms with Crippen LogP contribution < -0.4 is 10.5 Å². The van der Waals surface area contributed by atoms with Crippen LogP contribution in [0.1, 0.15) is 43.5 Å². The van der Waals surface area contributed by atoms with Gasteiger partial charge >= 0.3 is 5.97 Å². The van der Waals surface area contributed by atoms with Gasteiger partial charge in [0, 0.05) is 11.1 Å². The molecule has 2 N–H and O–H groups in total. The number of primary amides is 1. The summed E-state index contributed by atoms with van der Waals surface area (Å²) in [5.74, 6) is -1.16. The van der Waals surface area contributed by atoms with Crippen molar-refractivity contribution >= 4 is 17.7 Å².